The molecule has 2 heterocycles. The fourth-order valence-electron chi connectivity index (χ4n) is 3.78. The van der Waals surface area contributed by atoms with Gasteiger partial charge in [0.1, 0.15) is 11.6 Å². The lowest BCUT2D eigenvalue weighted by Gasteiger charge is -2.32. The Balaban J connectivity index is 1.91. The lowest BCUT2D eigenvalue weighted by molar-refractivity contribution is -0.116. The molecule has 4 rings (SSSR count). The van der Waals surface area contributed by atoms with E-state index in [1.54, 1.807) is 7.11 Å². The largest absolute Gasteiger partial charge is 0.497 e. The second kappa shape index (κ2) is 7.23. The highest BCUT2D eigenvalue weighted by Crippen LogP contribution is 2.43. The van der Waals surface area contributed by atoms with Gasteiger partial charge in [-0.2, -0.15) is 0 Å². The van der Waals surface area contributed by atoms with Crippen molar-refractivity contribution in [3.8, 4) is 5.75 Å². The highest BCUT2D eigenvalue weighted by Gasteiger charge is 2.37. The number of hydrogen-bond donors (Lipinski definition) is 2. The average Bonchev–Trinajstić information content (AvgIpc) is 2.67. The van der Waals surface area contributed by atoms with Crippen molar-refractivity contribution >= 4 is 23.4 Å². The fraction of sp³-hybridized carbons (Fsp3) is 0.350. The molecule has 2 N–H and O–H groups in total. The van der Waals surface area contributed by atoms with Crippen LogP contribution < -0.4 is 15.6 Å². The Morgan fingerprint density at radius 1 is 1.22 bits per heavy atom. The summed E-state index contributed by atoms with van der Waals surface area (Å²) in [6.07, 6.45) is 2.12. The molecule has 1 aliphatic heterocycles. The van der Waals surface area contributed by atoms with Gasteiger partial charge in [0, 0.05) is 23.6 Å². The van der Waals surface area contributed by atoms with Crippen LogP contribution in [0.1, 0.15) is 43.2 Å². The predicted molar refractivity (Wildman–Crippen MR) is 106 cm³/mol. The first kappa shape index (κ1) is 17.9. The monoisotopic (exact) mass is 383 g/mol. The maximum Gasteiger partial charge on any atom is 0.257 e. The molecular formula is C20H21N3O3S. The van der Waals surface area contributed by atoms with Crippen molar-refractivity contribution in [1.29, 1.82) is 0 Å². The van der Waals surface area contributed by atoms with Crippen LogP contribution in [0.3, 0.4) is 0 Å². The van der Waals surface area contributed by atoms with E-state index in [0.717, 1.165) is 35.6 Å². The first-order valence-electron chi connectivity index (χ1n) is 9.06. The number of fused-ring (bicyclic) bond motifs is 1. The van der Waals surface area contributed by atoms with Gasteiger partial charge in [-0.1, -0.05) is 30.8 Å². The Bertz CT molecular complexity index is 979. The quantitative estimate of drug-likeness (QED) is 0.621. The number of thioether (sulfide) groups is 1. The normalized spacial score (nSPS) is 18.6. The molecule has 0 bridgehead atoms. The van der Waals surface area contributed by atoms with Crippen molar-refractivity contribution in [3.05, 3.63) is 57.0 Å². The van der Waals surface area contributed by atoms with Crippen LogP contribution in [-0.2, 0) is 4.79 Å². The van der Waals surface area contributed by atoms with E-state index in [-0.39, 0.29) is 11.3 Å². The van der Waals surface area contributed by atoms with Crippen LogP contribution in [0.4, 0.5) is 5.82 Å². The van der Waals surface area contributed by atoms with Gasteiger partial charge in [0.2, 0.25) is 0 Å². The molecule has 0 fully saturated rings. The maximum absolute atomic E-state index is 12.9. The number of methoxy groups -OCH3 is 1. The Morgan fingerprint density at radius 2 is 2.00 bits per heavy atom. The maximum atomic E-state index is 12.9. The van der Waals surface area contributed by atoms with E-state index in [9.17, 15) is 9.59 Å². The molecule has 2 aromatic rings. The fourth-order valence-corrected chi connectivity index (χ4v) is 4.37. The second-order valence-corrected chi connectivity index (χ2v) is 7.82. The van der Waals surface area contributed by atoms with Gasteiger partial charge in [-0.05, 0) is 36.3 Å². The standard InChI is InChI=1S/C20H21N3O3S/c1-3-27-20-22-18-17(19(25)23-20)15(11-7-9-12(26-2)10-8-11)16-13(21-18)5-4-6-14(16)24/h7-10,15H,3-6H2,1-2H3,(H2,21,22,23,25)/t15-/m0/s1. The molecular weight excluding hydrogens is 362 g/mol. The summed E-state index contributed by atoms with van der Waals surface area (Å²) in [5, 5.41) is 3.87. The first-order chi connectivity index (χ1) is 13.1. The molecule has 1 aromatic heterocycles. The molecule has 1 aromatic carbocycles. The zero-order valence-electron chi connectivity index (χ0n) is 15.3. The van der Waals surface area contributed by atoms with E-state index >= 15 is 0 Å². The number of ether oxygens (including phenoxy) is 1. The van der Waals surface area contributed by atoms with Crippen molar-refractivity contribution in [2.45, 2.75) is 37.3 Å². The van der Waals surface area contributed by atoms with Crippen molar-refractivity contribution in [1.82, 2.24) is 9.97 Å². The van der Waals surface area contributed by atoms with E-state index in [2.05, 4.69) is 15.3 Å². The van der Waals surface area contributed by atoms with Crippen LogP contribution in [0.2, 0.25) is 0 Å². The number of allylic oxidation sites excluding steroid dienone is 2. The lowest BCUT2D eigenvalue weighted by Crippen LogP contribution is -2.32. The van der Waals surface area contributed by atoms with E-state index in [4.69, 9.17) is 4.74 Å². The zero-order valence-corrected chi connectivity index (χ0v) is 16.1. The Hall–Kier alpha value is -2.54. The molecule has 0 amide bonds. The molecule has 0 spiro atoms. The number of benzene rings is 1. The molecule has 6 nitrogen and oxygen atoms in total. The number of ketones is 1. The topological polar surface area (TPSA) is 84.1 Å². The predicted octanol–water partition coefficient (Wildman–Crippen LogP) is 3.46. The number of carbonyl (C=O) groups excluding carboxylic acids is 1. The first-order valence-corrected chi connectivity index (χ1v) is 10.0. The molecule has 7 heteroatoms. The number of nitrogens with zero attached hydrogens (tertiary/aromatic N) is 1. The Kier molecular flexibility index (Phi) is 4.78. The summed E-state index contributed by atoms with van der Waals surface area (Å²) < 4.78 is 5.25. The average molecular weight is 383 g/mol. The van der Waals surface area contributed by atoms with Gasteiger partial charge < -0.3 is 15.0 Å². The number of carbonyl (C=O) groups is 1. The van der Waals surface area contributed by atoms with Crippen LogP contribution in [0.5, 0.6) is 5.75 Å². The van der Waals surface area contributed by atoms with Gasteiger partial charge in [0.05, 0.1) is 12.7 Å². The smallest absolute Gasteiger partial charge is 0.257 e. The summed E-state index contributed by atoms with van der Waals surface area (Å²) in [4.78, 5) is 33.2. The molecule has 0 radical (unpaired) electrons. The minimum Gasteiger partial charge on any atom is -0.497 e. The molecule has 0 unspecified atom stereocenters. The van der Waals surface area contributed by atoms with Crippen molar-refractivity contribution < 1.29 is 9.53 Å². The molecule has 0 saturated heterocycles. The second-order valence-electron chi connectivity index (χ2n) is 6.57. The SMILES string of the molecule is CCSc1nc2c(c(=O)[nH]1)[C@@H](c1ccc(OC)cc1)C1=C(CCCC1=O)N2. The Morgan fingerprint density at radius 3 is 2.70 bits per heavy atom. The molecule has 1 aliphatic carbocycles. The third kappa shape index (κ3) is 3.16. The van der Waals surface area contributed by atoms with Crippen molar-refractivity contribution in [3.63, 3.8) is 0 Å². The van der Waals surface area contributed by atoms with Gasteiger partial charge in [0.15, 0.2) is 10.9 Å². The highest BCUT2D eigenvalue weighted by atomic mass is 32.2. The summed E-state index contributed by atoms with van der Waals surface area (Å²) in [6, 6.07) is 7.54. The molecule has 27 heavy (non-hydrogen) atoms. The van der Waals surface area contributed by atoms with Crippen molar-refractivity contribution in [2.75, 3.05) is 18.2 Å². The number of aromatic nitrogens is 2. The van der Waals surface area contributed by atoms with Gasteiger partial charge in [-0.15, -0.1) is 0 Å². The van der Waals surface area contributed by atoms with E-state index in [1.165, 1.54) is 11.8 Å². The minimum absolute atomic E-state index is 0.0987. The summed E-state index contributed by atoms with van der Waals surface area (Å²) >= 11 is 1.49. The van der Waals surface area contributed by atoms with Crippen LogP contribution in [0.25, 0.3) is 0 Å². The Labute approximate surface area is 161 Å². The van der Waals surface area contributed by atoms with Crippen molar-refractivity contribution in [2.24, 2.45) is 0 Å². The van der Waals surface area contributed by atoms with Crippen LogP contribution in [0, 0.1) is 0 Å². The molecule has 140 valence electrons. The molecule has 2 aliphatic rings. The number of rotatable bonds is 4. The van der Waals surface area contributed by atoms with Gasteiger partial charge in [-0.25, -0.2) is 4.98 Å². The molecule has 1 atom stereocenters. The number of H-pyrrole nitrogens is 1. The lowest BCUT2D eigenvalue weighted by atomic mass is 9.76. The number of nitrogens with one attached hydrogen (secondary N) is 2. The van der Waals surface area contributed by atoms with Gasteiger partial charge in [0.25, 0.3) is 5.56 Å². The molecule has 0 saturated carbocycles. The third-order valence-electron chi connectivity index (χ3n) is 4.97. The minimum atomic E-state index is -0.410. The third-order valence-corrected chi connectivity index (χ3v) is 5.72. The van der Waals surface area contributed by atoms with E-state index in [0.29, 0.717) is 28.5 Å². The highest BCUT2D eigenvalue weighted by molar-refractivity contribution is 7.99. The van der Waals surface area contributed by atoms with Crippen LogP contribution in [-0.4, -0.2) is 28.6 Å². The van der Waals surface area contributed by atoms with Gasteiger partial charge >= 0.3 is 0 Å². The number of hydrogen-bond acceptors (Lipinski definition) is 6. The van der Waals surface area contributed by atoms with E-state index in [1.807, 2.05) is 31.2 Å². The summed E-state index contributed by atoms with van der Waals surface area (Å²) in [6.45, 7) is 2.01. The number of aromatic amines is 1. The van der Waals surface area contributed by atoms with Gasteiger partial charge in [-0.3, -0.25) is 9.59 Å². The van der Waals surface area contributed by atoms with E-state index < -0.39 is 5.92 Å². The number of Topliss-reactive ketones (excluding diaryl/α,β-unsaturated/α-hetero) is 1. The van der Waals surface area contributed by atoms with Crippen LogP contribution in [0.15, 0.2) is 45.5 Å². The summed E-state index contributed by atoms with van der Waals surface area (Å²) in [7, 11) is 1.61. The summed E-state index contributed by atoms with van der Waals surface area (Å²) in [5.41, 5.74) is 2.79. The zero-order chi connectivity index (χ0) is 19.0. The summed E-state index contributed by atoms with van der Waals surface area (Å²) in [5.74, 6) is 1.80. The van der Waals surface area contributed by atoms with Crippen LogP contribution >= 0.6 is 11.8 Å². The number of anilines is 1.